The molecular formula is C16H17F3N2S. The molecule has 3 rings (SSSR count). The largest absolute Gasteiger partial charge is 0.334 e. The smallest absolute Gasteiger partial charge is 0.177 e. The van der Waals surface area contributed by atoms with Crippen LogP contribution in [0.3, 0.4) is 0 Å². The second-order valence-electron chi connectivity index (χ2n) is 5.73. The highest BCUT2D eigenvalue weighted by Crippen LogP contribution is 2.35. The van der Waals surface area contributed by atoms with Gasteiger partial charge >= 0.3 is 0 Å². The quantitative estimate of drug-likeness (QED) is 0.641. The van der Waals surface area contributed by atoms with Crippen LogP contribution in [0.1, 0.15) is 42.6 Å². The van der Waals surface area contributed by atoms with Gasteiger partial charge in [0.1, 0.15) is 5.82 Å². The van der Waals surface area contributed by atoms with Crippen molar-refractivity contribution in [2.45, 2.75) is 45.1 Å². The fraction of sp³-hybridized carbons (Fsp3) is 0.438. The molecule has 0 bridgehead atoms. The Labute approximate surface area is 132 Å². The zero-order valence-corrected chi connectivity index (χ0v) is 13.1. The number of hydrogen-bond acceptors (Lipinski definition) is 1. The Bertz CT molecular complexity index is 763. The molecule has 1 aromatic carbocycles. The molecule has 0 spiro atoms. The number of hydrogen-bond donors (Lipinski definition) is 1. The van der Waals surface area contributed by atoms with E-state index in [9.17, 15) is 13.2 Å². The first kappa shape index (κ1) is 15.3. The van der Waals surface area contributed by atoms with Gasteiger partial charge in [0.05, 0.1) is 0 Å². The molecule has 0 fully saturated rings. The molecule has 0 amide bonds. The highest BCUT2D eigenvalue weighted by molar-refractivity contribution is 7.71. The maximum Gasteiger partial charge on any atom is 0.177 e. The molecule has 1 N–H and O–H groups in total. The van der Waals surface area contributed by atoms with Crippen LogP contribution in [-0.4, -0.2) is 9.55 Å². The lowest BCUT2D eigenvalue weighted by Gasteiger charge is -2.12. The molecule has 22 heavy (non-hydrogen) atoms. The predicted molar refractivity (Wildman–Crippen MR) is 81.0 cm³/mol. The Morgan fingerprint density at radius 1 is 1.27 bits per heavy atom. The molecule has 1 atom stereocenters. The van der Waals surface area contributed by atoms with E-state index in [-0.39, 0.29) is 5.56 Å². The SMILES string of the molecule is CCCCc1[nH]c(=S)n2c1C[C@H](c1c(F)ccc(F)c1F)C2. The molecule has 118 valence electrons. The summed E-state index contributed by atoms with van der Waals surface area (Å²) in [4.78, 5) is 3.18. The summed E-state index contributed by atoms with van der Waals surface area (Å²) in [5.74, 6) is -3.20. The third-order valence-electron chi connectivity index (χ3n) is 4.29. The fourth-order valence-corrected chi connectivity index (χ4v) is 3.48. The third-order valence-corrected chi connectivity index (χ3v) is 4.61. The van der Waals surface area contributed by atoms with Crippen LogP contribution in [0.5, 0.6) is 0 Å². The maximum atomic E-state index is 14.0. The number of nitrogens with one attached hydrogen (secondary N) is 1. The van der Waals surface area contributed by atoms with Crippen molar-refractivity contribution in [2.75, 3.05) is 0 Å². The molecule has 0 unspecified atom stereocenters. The summed E-state index contributed by atoms with van der Waals surface area (Å²) >= 11 is 5.29. The minimum absolute atomic E-state index is 0.167. The number of H-pyrrole nitrogens is 1. The molecular weight excluding hydrogens is 309 g/mol. The van der Waals surface area contributed by atoms with Crippen molar-refractivity contribution in [2.24, 2.45) is 0 Å². The topological polar surface area (TPSA) is 20.7 Å². The highest BCUT2D eigenvalue weighted by Gasteiger charge is 2.31. The zero-order chi connectivity index (χ0) is 15.9. The van der Waals surface area contributed by atoms with Crippen LogP contribution in [0, 0.1) is 22.2 Å². The van der Waals surface area contributed by atoms with Crippen molar-refractivity contribution < 1.29 is 13.2 Å². The Morgan fingerprint density at radius 2 is 2.00 bits per heavy atom. The molecule has 0 saturated carbocycles. The van der Waals surface area contributed by atoms with Gasteiger partial charge in [-0.3, -0.25) is 0 Å². The first-order valence-electron chi connectivity index (χ1n) is 7.46. The second kappa shape index (κ2) is 5.91. The Kier molecular flexibility index (Phi) is 4.12. The standard InChI is InChI=1S/C16H17F3N2S/c1-2-3-4-12-13-7-9(8-21(13)16(22)20-12)14-10(17)5-6-11(18)15(14)19/h5-6,9H,2-4,7-8H2,1H3,(H,20,22)/t9-/m0/s1. The van der Waals surface area contributed by atoms with Gasteiger partial charge in [-0.15, -0.1) is 0 Å². The first-order chi connectivity index (χ1) is 10.5. The summed E-state index contributed by atoms with van der Waals surface area (Å²) in [6, 6.07) is 1.81. The van der Waals surface area contributed by atoms with Gasteiger partial charge in [0.15, 0.2) is 16.4 Å². The van der Waals surface area contributed by atoms with Gasteiger partial charge in [-0.2, -0.15) is 0 Å². The van der Waals surface area contributed by atoms with Crippen LogP contribution < -0.4 is 0 Å². The van der Waals surface area contributed by atoms with E-state index in [1.165, 1.54) is 0 Å². The number of rotatable bonds is 4. The fourth-order valence-electron chi connectivity index (χ4n) is 3.17. The molecule has 1 aliphatic rings. The summed E-state index contributed by atoms with van der Waals surface area (Å²) in [6.45, 7) is 2.49. The van der Waals surface area contributed by atoms with Crippen molar-refractivity contribution in [1.29, 1.82) is 0 Å². The predicted octanol–water partition coefficient (Wildman–Crippen LogP) is 4.65. The van der Waals surface area contributed by atoms with Crippen LogP contribution >= 0.6 is 12.2 Å². The van der Waals surface area contributed by atoms with Crippen LogP contribution in [0.25, 0.3) is 0 Å². The first-order valence-corrected chi connectivity index (χ1v) is 7.87. The Hall–Kier alpha value is -1.56. The van der Waals surface area contributed by atoms with Crippen molar-refractivity contribution in [3.05, 3.63) is 51.3 Å². The molecule has 0 saturated heterocycles. The minimum Gasteiger partial charge on any atom is -0.334 e. The molecule has 0 radical (unpaired) electrons. The van der Waals surface area contributed by atoms with E-state index < -0.39 is 23.4 Å². The van der Waals surface area contributed by atoms with Gasteiger partial charge in [-0.1, -0.05) is 13.3 Å². The van der Waals surface area contributed by atoms with Crippen LogP contribution in [0.15, 0.2) is 12.1 Å². The molecule has 6 heteroatoms. The lowest BCUT2D eigenvalue weighted by molar-refractivity contribution is 0.459. The van der Waals surface area contributed by atoms with Gasteiger partial charge in [0.2, 0.25) is 0 Å². The molecule has 2 aromatic rings. The van der Waals surface area contributed by atoms with E-state index in [0.29, 0.717) is 17.7 Å². The van der Waals surface area contributed by atoms with Crippen molar-refractivity contribution >= 4 is 12.2 Å². The number of aromatic nitrogens is 2. The van der Waals surface area contributed by atoms with Crippen molar-refractivity contribution in [3.63, 3.8) is 0 Å². The number of halogens is 3. The number of fused-ring (bicyclic) bond motifs is 1. The summed E-state index contributed by atoms with van der Waals surface area (Å²) in [5.41, 5.74) is 1.86. The molecule has 1 aliphatic heterocycles. The maximum absolute atomic E-state index is 14.0. The molecule has 2 heterocycles. The highest BCUT2D eigenvalue weighted by atomic mass is 32.1. The van der Waals surface area contributed by atoms with Crippen LogP contribution in [0.2, 0.25) is 0 Å². The summed E-state index contributed by atoms with van der Waals surface area (Å²) in [5, 5.41) is 0. The van der Waals surface area contributed by atoms with Crippen molar-refractivity contribution in [1.82, 2.24) is 9.55 Å². The van der Waals surface area contributed by atoms with Gasteiger partial charge in [0, 0.05) is 29.4 Å². The lowest BCUT2D eigenvalue weighted by atomic mass is 9.94. The summed E-state index contributed by atoms with van der Waals surface area (Å²) in [6.07, 6.45) is 3.42. The average Bonchev–Trinajstić information content (AvgIpc) is 3.03. The number of aryl methyl sites for hydroxylation is 1. The second-order valence-corrected chi connectivity index (χ2v) is 6.11. The number of aromatic amines is 1. The molecule has 2 nitrogen and oxygen atoms in total. The number of nitrogens with zero attached hydrogens (tertiary/aromatic N) is 1. The van der Waals surface area contributed by atoms with Gasteiger partial charge in [-0.05, 0) is 43.6 Å². The third kappa shape index (κ3) is 2.49. The zero-order valence-electron chi connectivity index (χ0n) is 12.3. The van der Waals surface area contributed by atoms with Crippen molar-refractivity contribution in [3.8, 4) is 0 Å². The van der Waals surface area contributed by atoms with Crippen LogP contribution in [-0.2, 0) is 19.4 Å². The summed E-state index contributed by atoms with van der Waals surface area (Å²) < 4.78 is 43.8. The van der Waals surface area contributed by atoms with E-state index >= 15 is 0 Å². The number of imidazole rings is 1. The van der Waals surface area contributed by atoms with Crippen LogP contribution in [0.4, 0.5) is 13.2 Å². The average molecular weight is 326 g/mol. The normalized spacial score (nSPS) is 17.0. The van der Waals surface area contributed by atoms with E-state index in [2.05, 4.69) is 11.9 Å². The lowest BCUT2D eigenvalue weighted by Crippen LogP contribution is -2.08. The molecule has 1 aromatic heterocycles. The van der Waals surface area contributed by atoms with Gasteiger partial charge in [0.25, 0.3) is 0 Å². The minimum atomic E-state index is -1.08. The van der Waals surface area contributed by atoms with E-state index in [0.717, 1.165) is 42.8 Å². The number of benzene rings is 1. The van der Waals surface area contributed by atoms with E-state index in [1.54, 1.807) is 0 Å². The van der Waals surface area contributed by atoms with Gasteiger partial charge in [-0.25, -0.2) is 13.2 Å². The van der Waals surface area contributed by atoms with E-state index in [1.807, 2.05) is 4.57 Å². The number of unbranched alkanes of at least 4 members (excludes halogenated alkanes) is 1. The molecule has 0 aliphatic carbocycles. The monoisotopic (exact) mass is 326 g/mol. The summed E-state index contributed by atoms with van der Waals surface area (Å²) in [7, 11) is 0. The van der Waals surface area contributed by atoms with Gasteiger partial charge < -0.3 is 9.55 Å². The van der Waals surface area contributed by atoms with E-state index in [4.69, 9.17) is 12.2 Å². The Morgan fingerprint density at radius 3 is 2.73 bits per heavy atom. The Balaban J connectivity index is 1.95.